The third-order valence-corrected chi connectivity index (χ3v) is 3.92. The predicted octanol–water partition coefficient (Wildman–Crippen LogP) is 2.98. The van der Waals surface area contributed by atoms with E-state index in [1.165, 1.54) is 25.7 Å². The number of hydrazone groups is 1. The van der Waals surface area contributed by atoms with E-state index in [1.54, 1.807) is 19.6 Å². The molecule has 1 saturated heterocycles. The van der Waals surface area contributed by atoms with Crippen LogP contribution < -0.4 is 4.74 Å². The van der Waals surface area contributed by atoms with Crippen LogP contribution in [0.3, 0.4) is 0 Å². The summed E-state index contributed by atoms with van der Waals surface area (Å²) in [5, 5.41) is 7.09. The van der Waals surface area contributed by atoms with Crippen molar-refractivity contribution in [2.24, 2.45) is 5.10 Å². The fourth-order valence-corrected chi connectivity index (χ4v) is 2.75. The van der Waals surface area contributed by atoms with E-state index in [2.05, 4.69) is 9.99 Å². The lowest BCUT2D eigenvalue weighted by Crippen LogP contribution is -2.24. The molecule has 1 aromatic heterocycles. The maximum atomic E-state index is 5.51. The van der Waals surface area contributed by atoms with Crippen molar-refractivity contribution < 1.29 is 4.74 Å². The maximum absolute atomic E-state index is 5.51. The Hall–Kier alpha value is -2.30. The van der Waals surface area contributed by atoms with Crippen LogP contribution in [0, 0.1) is 0 Å². The van der Waals surface area contributed by atoms with Gasteiger partial charge in [-0.3, -0.25) is 9.58 Å². The van der Waals surface area contributed by atoms with Crippen molar-refractivity contribution in [1.29, 1.82) is 0 Å². The van der Waals surface area contributed by atoms with Crippen LogP contribution in [-0.4, -0.2) is 40.6 Å². The summed E-state index contributed by atoms with van der Waals surface area (Å²) in [5.74, 6) is 1.68. The molecule has 0 radical (unpaired) electrons. The molecule has 1 fully saturated rings. The van der Waals surface area contributed by atoms with E-state index >= 15 is 0 Å². The van der Waals surface area contributed by atoms with Crippen molar-refractivity contribution in [1.82, 2.24) is 14.6 Å². The van der Waals surface area contributed by atoms with E-state index in [0.29, 0.717) is 0 Å². The Labute approximate surface area is 131 Å². The van der Waals surface area contributed by atoms with Crippen LogP contribution in [-0.2, 0) is 0 Å². The second-order valence-electron chi connectivity index (χ2n) is 5.46. The Morgan fingerprint density at radius 3 is 2.59 bits per heavy atom. The molecule has 2 heterocycles. The number of imidazole rings is 1. The van der Waals surface area contributed by atoms with Gasteiger partial charge in [-0.1, -0.05) is 25.0 Å². The molecule has 1 aliphatic heterocycles. The lowest BCUT2D eigenvalue weighted by Gasteiger charge is -2.19. The minimum Gasteiger partial charge on any atom is -0.496 e. The van der Waals surface area contributed by atoms with Crippen molar-refractivity contribution in [2.45, 2.75) is 25.7 Å². The van der Waals surface area contributed by atoms with Crippen molar-refractivity contribution >= 4 is 5.84 Å². The maximum Gasteiger partial charge on any atom is 0.169 e. The molecule has 1 aromatic carbocycles. The zero-order valence-electron chi connectivity index (χ0n) is 13.0. The van der Waals surface area contributed by atoms with E-state index < -0.39 is 0 Å². The second kappa shape index (κ2) is 7.11. The molecule has 1 aliphatic rings. The number of rotatable bonds is 3. The Bertz CT molecular complexity index is 613. The number of nitrogens with zero attached hydrogens (tertiary/aromatic N) is 4. The van der Waals surface area contributed by atoms with Gasteiger partial charge in [0.25, 0.3) is 0 Å². The normalized spacial score (nSPS) is 16.4. The van der Waals surface area contributed by atoms with Crippen molar-refractivity contribution in [3.8, 4) is 5.75 Å². The molecular weight excluding hydrogens is 276 g/mol. The smallest absolute Gasteiger partial charge is 0.169 e. The first-order valence-corrected chi connectivity index (χ1v) is 7.84. The van der Waals surface area contributed by atoms with Crippen LogP contribution in [0.15, 0.2) is 48.1 Å². The van der Waals surface area contributed by atoms with Crippen LogP contribution >= 0.6 is 0 Å². The predicted molar refractivity (Wildman–Crippen MR) is 87.2 cm³/mol. The summed E-state index contributed by atoms with van der Waals surface area (Å²) in [6.07, 6.45) is 10.5. The lowest BCUT2D eigenvalue weighted by atomic mass is 10.2. The third kappa shape index (κ3) is 3.30. The molecule has 0 bridgehead atoms. The Morgan fingerprint density at radius 2 is 1.91 bits per heavy atom. The van der Waals surface area contributed by atoms with Gasteiger partial charge in [-0.2, -0.15) is 5.10 Å². The number of aromatic nitrogens is 2. The highest BCUT2D eigenvalue weighted by Gasteiger charge is 2.14. The average Bonchev–Trinajstić information content (AvgIpc) is 2.97. The van der Waals surface area contributed by atoms with Gasteiger partial charge in [0.15, 0.2) is 5.84 Å². The first-order valence-electron chi connectivity index (χ1n) is 7.84. The lowest BCUT2D eigenvalue weighted by molar-refractivity contribution is 0.299. The number of para-hydroxylation sites is 1. The SMILES string of the molecule is COc1ccccc1C(=NN1CCCCCC1)n1ccnc1. The monoisotopic (exact) mass is 298 g/mol. The van der Waals surface area contributed by atoms with Gasteiger partial charge in [-0.25, -0.2) is 4.98 Å². The van der Waals surface area contributed by atoms with Gasteiger partial charge in [-0.05, 0) is 25.0 Å². The molecule has 0 atom stereocenters. The van der Waals surface area contributed by atoms with Crippen molar-refractivity contribution in [2.75, 3.05) is 20.2 Å². The molecule has 5 heteroatoms. The molecule has 0 aliphatic carbocycles. The quantitative estimate of drug-likeness (QED) is 0.646. The summed E-state index contributed by atoms with van der Waals surface area (Å²) in [6.45, 7) is 2.01. The van der Waals surface area contributed by atoms with E-state index in [9.17, 15) is 0 Å². The molecule has 0 spiro atoms. The van der Waals surface area contributed by atoms with E-state index in [4.69, 9.17) is 9.84 Å². The molecule has 0 unspecified atom stereocenters. The van der Waals surface area contributed by atoms with E-state index in [-0.39, 0.29) is 0 Å². The largest absolute Gasteiger partial charge is 0.496 e. The highest BCUT2D eigenvalue weighted by molar-refractivity contribution is 6.02. The van der Waals surface area contributed by atoms with Crippen molar-refractivity contribution in [3.63, 3.8) is 0 Å². The van der Waals surface area contributed by atoms with Crippen molar-refractivity contribution in [3.05, 3.63) is 48.5 Å². The minimum atomic E-state index is 0.824. The fraction of sp³-hybridized carbons (Fsp3) is 0.412. The van der Waals surface area contributed by atoms with Gasteiger partial charge in [0.05, 0.1) is 12.7 Å². The molecule has 0 amide bonds. The van der Waals surface area contributed by atoms with Crippen LogP contribution in [0.1, 0.15) is 31.2 Å². The molecular formula is C17H22N4O. The third-order valence-electron chi connectivity index (χ3n) is 3.92. The Balaban J connectivity index is 2.00. The van der Waals surface area contributed by atoms with Crippen LogP contribution in [0.2, 0.25) is 0 Å². The van der Waals surface area contributed by atoms with Crippen LogP contribution in [0.4, 0.5) is 0 Å². The van der Waals surface area contributed by atoms with Gasteiger partial charge in [-0.15, -0.1) is 0 Å². The van der Waals surface area contributed by atoms with Gasteiger partial charge in [0.1, 0.15) is 12.1 Å². The van der Waals surface area contributed by atoms with E-state index in [1.807, 2.05) is 35.0 Å². The highest BCUT2D eigenvalue weighted by atomic mass is 16.5. The molecule has 0 N–H and O–H groups in total. The molecule has 5 nitrogen and oxygen atoms in total. The average molecular weight is 298 g/mol. The molecule has 116 valence electrons. The molecule has 2 aromatic rings. The summed E-state index contributed by atoms with van der Waals surface area (Å²) in [4.78, 5) is 4.16. The van der Waals surface area contributed by atoms with Gasteiger partial charge >= 0.3 is 0 Å². The zero-order valence-corrected chi connectivity index (χ0v) is 13.0. The molecule has 0 saturated carbocycles. The number of methoxy groups -OCH3 is 1. The van der Waals surface area contributed by atoms with E-state index in [0.717, 1.165) is 30.2 Å². The van der Waals surface area contributed by atoms with Gasteiger partial charge in [0.2, 0.25) is 0 Å². The fourth-order valence-electron chi connectivity index (χ4n) is 2.75. The molecule has 22 heavy (non-hydrogen) atoms. The zero-order chi connectivity index (χ0) is 15.2. The highest BCUT2D eigenvalue weighted by Crippen LogP contribution is 2.20. The summed E-state index contributed by atoms with van der Waals surface area (Å²) in [7, 11) is 1.69. The standard InChI is InChI=1S/C17H22N4O/c1-22-16-9-5-4-8-15(16)17(20-13-10-18-14-20)19-21-11-6-2-3-7-12-21/h4-5,8-10,13-14H,2-3,6-7,11-12H2,1H3. The Morgan fingerprint density at radius 1 is 1.14 bits per heavy atom. The first kappa shape index (κ1) is 14.6. The topological polar surface area (TPSA) is 42.6 Å². The number of hydrogen-bond donors (Lipinski definition) is 0. The Kier molecular flexibility index (Phi) is 4.73. The van der Waals surface area contributed by atoms with Gasteiger partial charge in [0, 0.05) is 25.5 Å². The second-order valence-corrected chi connectivity index (χ2v) is 5.46. The summed E-state index contributed by atoms with van der Waals surface area (Å²) in [5.41, 5.74) is 0.979. The molecule has 3 rings (SSSR count). The van der Waals surface area contributed by atoms with Gasteiger partial charge < -0.3 is 4.74 Å². The summed E-state index contributed by atoms with van der Waals surface area (Å²) in [6, 6.07) is 7.98. The first-order chi connectivity index (χ1) is 10.9. The minimum absolute atomic E-state index is 0.824. The number of benzene rings is 1. The number of hydrogen-bond acceptors (Lipinski definition) is 4. The number of ether oxygens (including phenoxy) is 1. The summed E-state index contributed by atoms with van der Waals surface area (Å²) >= 11 is 0. The van der Waals surface area contributed by atoms with Crippen LogP contribution in [0.25, 0.3) is 0 Å². The van der Waals surface area contributed by atoms with Crippen LogP contribution in [0.5, 0.6) is 5.75 Å². The summed E-state index contributed by atoms with van der Waals surface area (Å²) < 4.78 is 7.45.